The van der Waals surface area contributed by atoms with Gasteiger partial charge in [-0.2, -0.15) is 13.2 Å². The van der Waals surface area contributed by atoms with E-state index in [-0.39, 0.29) is 12.5 Å². The normalized spacial score (nSPS) is 23.3. The molecule has 1 heterocycles. The maximum absolute atomic E-state index is 12.3. The number of nitrogens with zero attached hydrogens (tertiary/aromatic N) is 1. The Bertz CT molecular complexity index is 217. The van der Waals surface area contributed by atoms with Crippen LogP contribution in [0.1, 0.15) is 19.8 Å². The van der Waals surface area contributed by atoms with Crippen LogP contribution in [0.15, 0.2) is 0 Å². The number of hydrogen-bond donors (Lipinski definition) is 1. The van der Waals surface area contributed by atoms with Crippen LogP contribution in [0.5, 0.6) is 0 Å². The molecule has 2 atom stereocenters. The van der Waals surface area contributed by atoms with E-state index >= 15 is 0 Å². The van der Waals surface area contributed by atoms with Gasteiger partial charge in [0.15, 0.2) is 0 Å². The van der Waals surface area contributed by atoms with Crippen molar-refractivity contribution in [1.29, 1.82) is 0 Å². The zero-order valence-corrected chi connectivity index (χ0v) is 10.0. The van der Waals surface area contributed by atoms with Gasteiger partial charge in [0.1, 0.15) is 0 Å². The van der Waals surface area contributed by atoms with Crippen molar-refractivity contribution < 1.29 is 23.0 Å². The van der Waals surface area contributed by atoms with Gasteiger partial charge in [-0.3, -0.25) is 4.90 Å². The summed E-state index contributed by atoms with van der Waals surface area (Å²) in [5, 5.41) is 9.85. The number of alkyl halides is 3. The van der Waals surface area contributed by atoms with Gasteiger partial charge in [-0.1, -0.05) is 6.92 Å². The van der Waals surface area contributed by atoms with Gasteiger partial charge >= 0.3 is 6.18 Å². The molecule has 1 saturated heterocycles. The van der Waals surface area contributed by atoms with E-state index in [9.17, 15) is 18.3 Å². The molecule has 0 bridgehead atoms. The first-order valence-corrected chi connectivity index (χ1v) is 5.97. The molecule has 0 radical (unpaired) electrons. The zero-order valence-electron chi connectivity index (χ0n) is 10.0. The predicted molar refractivity (Wildman–Crippen MR) is 57.7 cm³/mol. The van der Waals surface area contributed by atoms with E-state index in [2.05, 4.69) is 0 Å². The Hall–Kier alpha value is -0.330. The van der Waals surface area contributed by atoms with E-state index in [1.54, 1.807) is 0 Å². The average molecular weight is 255 g/mol. The quantitative estimate of drug-likeness (QED) is 0.783. The lowest BCUT2D eigenvalue weighted by atomic mass is 10.0. The Balaban J connectivity index is 2.41. The van der Waals surface area contributed by atoms with Gasteiger partial charge < -0.3 is 9.84 Å². The maximum atomic E-state index is 12.3. The van der Waals surface area contributed by atoms with E-state index in [0.717, 1.165) is 6.42 Å². The van der Waals surface area contributed by atoms with E-state index in [1.165, 1.54) is 4.90 Å². The second-order valence-electron chi connectivity index (χ2n) is 4.54. The van der Waals surface area contributed by atoms with Crippen LogP contribution in [0, 0.1) is 5.92 Å². The number of aliphatic hydroxyl groups excluding tert-OH is 1. The number of aliphatic hydroxyl groups is 1. The Morgan fingerprint density at radius 1 is 1.47 bits per heavy atom. The van der Waals surface area contributed by atoms with Crippen molar-refractivity contribution in [3.8, 4) is 0 Å². The third kappa shape index (κ3) is 5.70. The minimum absolute atomic E-state index is 0.0254. The van der Waals surface area contributed by atoms with Gasteiger partial charge in [0.05, 0.1) is 19.3 Å². The standard InChI is InChI=1S/C11H20F3NO2/c1-2-4-15(8-11(12,13)14)6-10(16)9-3-5-17-7-9/h9-10,16H,2-8H2,1H3. The van der Waals surface area contributed by atoms with Crippen LogP contribution in [0.25, 0.3) is 0 Å². The van der Waals surface area contributed by atoms with Crippen LogP contribution in [0.3, 0.4) is 0 Å². The van der Waals surface area contributed by atoms with E-state index in [1.807, 2.05) is 6.92 Å². The van der Waals surface area contributed by atoms with Crippen LogP contribution in [-0.2, 0) is 4.74 Å². The minimum atomic E-state index is -4.21. The first kappa shape index (κ1) is 14.7. The highest BCUT2D eigenvalue weighted by Crippen LogP contribution is 2.20. The van der Waals surface area contributed by atoms with Crippen molar-refractivity contribution in [3.05, 3.63) is 0 Å². The Labute approximate surface area is 99.5 Å². The van der Waals surface area contributed by atoms with Crippen molar-refractivity contribution in [2.45, 2.75) is 32.0 Å². The summed E-state index contributed by atoms with van der Waals surface area (Å²) < 4.78 is 42.0. The van der Waals surface area contributed by atoms with Crippen molar-refractivity contribution in [3.63, 3.8) is 0 Å². The van der Waals surface area contributed by atoms with Crippen LogP contribution < -0.4 is 0 Å². The molecule has 17 heavy (non-hydrogen) atoms. The molecule has 2 unspecified atom stereocenters. The molecule has 102 valence electrons. The van der Waals surface area contributed by atoms with Crippen LogP contribution in [-0.4, -0.2) is 55.1 Å². The lowest BCUT2D eigenvalue weighted by Gasteiger charge is -2.27. The summed E-state index contributed by atoms with van der Waals surface area (Å²) in [5.41, 5.74) is 0. The summed E-state index contributed by atoms with van der Waals surface area (Å²) in [6.07, 6.45) is -3.57. The van der Waals surface area contributed by atoms with Crippen LogP contribution in [0.4, 0.5) is 13.2 Å². The molecule has 0 saturated carbocycles. The molecule has 0 aromatic rings. The highest BCUT2D eigenvalue weighted by molar-refractivity contribution is 4.77. The molecule has 1 aliphatic rings. The van der Waals surface area contributed by atoms with Crippen molar-refractivity contribution in [1.82, 2.24) is 4.90 Å². The van der Waals surface area contributed by atoms with Gasteiger partial charge in [-0.15, -0.1) is 0 Å². The third-order valence-electron chi connectivity index (χ3n) is 2.90. The monoisotopic (exact) mass is 255 g/mol. The summed E-state index contributed by atoms with van der Waals surface area (Å²) in [5.74, 6) is -0.0254. The molecular weight excluding hydrogens is 235 g/mol. The molecule has 0 aromatic heterocycles. The summed E-state index contributed by atoms with van der Waals surface area (Å²) >= 11 is 0. The molecule has 0 spiro atoms. The number of rotatable bonds is 6. The SMILES string of the molecule is CCCN(CC(O)C1CCOC1)CC(F)(F)F. The third-order valence-corrected chi connectivity index (χ3v) is 2.90. The molecule has 0 aromatic carbocycles. The van der Waals surface area contributed by atoms with Gasteiger partial charge in [-0.25, -0.2) is 0 Å². The van der Waals surface area contributed by atoms with E-state index in [4.69, 9.17) is 4.74 Å². The zero-order chi connectivity index (χ0) is 12.9. The topological polar surface area (TPSA) is 32.7 Å². The minimum Gasteiger partial charge on any atom is -0.391 e. The fraction of sp³-hybridized carbons (Fsp3) is 1.00. The fourth-order valence-electron chi connectivity index (χ4n) is 2.07. The smallest absolute Gasteiger partial charge is 0.391 e. The highest BCUT2D eigenvalue weighted by atomic mass is 19.4. The first-order valence-electron chi connectivity index (χ1n) is 5.97. The second kappa shape index (κ2) is 6.56. The Morgan fingerprint density at radius 3 is 2.65 bits per heavy atom. The van der Waals surface area contributed by atoms with Gasteiger partial charge in [-0.05, 0) is 19.4 Å². The molecule has 3 nitrogen and oxygen atoms in total. The summed E-state index contributed by atoms with van der Waals surface area (Å²) in [4.78, 5) is 1.27. The molecular formula is C11H20F3NO2. The first-order chi connectivity index (χ1) is 7.92. The van der Waals surface area contributed by atoms with Gasteiger partial charge in [0, 0.05) is 19.1 Å². The van der Waals surface area contributed by atoms with E-state index in [0.29, 0.717) is 26.2 Å². The molecule has 6 heteroatoms. The van der Waals surface area contributed by atoms with Crippen molar-refractivity contribution >= 4 is 0 Å². The fourth-order valence-corrected chi connectivity index (χ4v) is 2.07. The second-order valence-corrected chi connectivity index (χ2v) is 4.54. The molecule has 1 N–H and O–H groups in total. The molecule has 0 aliphatic carbocycles. The van der Waals surface area contributed by atoms with Gasteiger partial charge in [0.25, 0.3) is 0 Å². The molecule has 1 fully saturated rings. The van der Waals surface area contributed by atoms with Crippen molar-refractivity contribution in [2.75, 3.05) is 32.8 Å². The maximum Gasteiger partial charge on any atom is 0.401 e. The highest BCUT2D eigenvalue weighted by Gasteiger charge is 2.33. The molecule has 1 rings (SSSR count). The van der Waals surface area contributed by atoms with E-state index < -0.39 is 18.8 Å². The predicted octanol–water partition coefficient (Wildman–Crippen LogP) is 1.66. The lowest BCUT2D eigenvalue weighted by molar-refractivity contribution is -0.149. The molecule has 0 amide bonds. The Morgan fingerprint density at radius 2 is 2.18 bits per heavy atom. The largest absolute Gasteiger partial charge is 0.401 e. The lowest BCUT2D eigenvalue weighted by Crippen LogP contribution is -2.42. The Kier molecular flexibility index (Phi) is 5.69. The number of halogens is 3. The van der Waals surface area contributed by atoms with Crippen LogP contribution >= 0.6 is 0 Å². The number of hydrogen-bond acceptors (Lipinski definition) is 3. The summed E-state index contributed by atoms with van der Waals surface area (Å²) in [6.45, 7) is 2.34. The summed E-state index contributed by atoms with van der Waals surface area (Å²) in [6, 6.07) is 0. The van der Waals surface area contributed by atoms with Crippen LogP contribution in [0.2, 0.25) is 0 Å². The average Bonchev–Trinajstić information content (AvgIpc) is 2.67. The van der Waals surface area contributed by atoms with Crippen molar-refractivity contribution in [2.24, 2.45) is 5.92 Å². The summed E-state index contributed by atoms with van der Waals surface area (Å²) in [7, 11) is 0. The molecule has 1 aliphatic heterocycles. The number of ether oxygens (including phenoxy) is 1. The van der Waals surface area contributed by atoms with Gasteiger partial charge in [0.2, 0.25) is 0 Å².